The maximum atomic E-state index is 6.05. The summed E-state index contributed by atoms with van der Waals surface area (Å²) in [5.74, 6) is 1.68. The smallest absolute Gasteiger partial charge is 0.165 e. The Hall–Kier alpha value is -1.26. The van der Waals surface area contributed by atoms with Crippen LogP contribution in [0.2, 0.25) is 0 Å². The van der Waals surface area contributed by atoms with E-state index in [2.05, 4.69) is 18.3 Å². The summed E-state index contributed by atoms with van der Waals surface area (Å²) in [6.45, 7) is 8.06. The van der Waals surface area contributed by atoms with Crippen LogP contribution in [0.15, 0.2) is 18.2 Å². The maximum absolute atomic E-state index is 6.05. The van der Waals surface area contributed by atoms with E-state index in [0.717, 1.165) is 56.0 Å². The number of benzene rings is 1. The molecule has 0 amide bonds. The average Bonchev–Trinajstić information content (AvgIpc) is 3.00. The van der Waals surface area contributed by atoms with Crippen LogP contribution < -0.4 is 14.8 Å². The Morgan fingerprint density at radius 2 is 2.19 bits per heavy atom. The van der Waals surface area contributed by atoms with Crippen LogP contribution in [0.3, 0.4) is 0 Å². The average molecular weight is 293 g/mol. The molecule has 4 heteroatoms. The monoisotopic (exact) mass is 293 g/mol. The quantitative estimate of drug-likeness (QED) is 0.710. The zero-order valence-electron chi connectivity index (χ0n) is 13.2. The molecule has 1 saturated heterocycles. The van der Waals surface area contributed by atoms with E-state index in [9.17, 15) is 0 Å². The highest BCUT2D eigenvalue weighted by molar-refractivity contribution is 5.46. The molecule has 0 spiro atoms. The first-order valence-corrected chi connectivity index (χ1v) is 8.05. The van der Waals surface area contributed by atoms with Gasteiger partial charge in [-0.25, -0.2) is 0 Å². The Morgan fingerprint density at radius 3 is 2.90 bits per heavy atom. The number of ether oxygens (including phenoxy) is 3. The molecule has 118 valence electrons. The molecule has 21 heavy (non-hydrogen) atoms. The summed E-state index contributed by atoms with van der Waals surface area (Å²) >= 11 is 0. The van der Waals surface area contributed by atoms with E-state index in [1.165, 1.54) is 0 Å². The molecule has 1 fully saturated rings. The molecule has 0 bridgehead atoms. The van der Waals surface area contributed by atoms with Crippen molar-refractivity contribution in [3.05, 3.63) is 23.8 Å². The molecule has 0 radical (unpaired) electrons. The summed E-state index contributed by atoms with van der Waals surface area (Å²) in [4.78, 5) is 0. The van der Waals surface area contributed by atoms with Crippen molar-refractivity contribution in [1.29, 1.82) is 0 Å². The lowest BCUT2D eigenvalue weighted by Crippen LogP contribution is -2.19. The lowest BCUT2D eigenvalue weighted by molar-refractivity contribution is 0.0663. The second-order valence-corrected chi connectivity index (χ2v) is 5.30. The Balaban J connectivity index is 2.04. The molecule has 0 saturated carbocycles. The molecule has 0 aromatic heterocycles. The first-order chi connectivity index (χ1) is 10.3. The van der Waals surface area contributed by atoms with Crippen molar-refractivity contribution in [1.82, 2.24) is 5.32 Å². The number of hydrogen-bond donors (Lipinski definition) is 1. The van der Waals surface area contributed by atoms with Gasteiger partial charge < -0.3 is 19.5 Å². The predicted octanol–water partition coefficient (Wildman–Crippen LogP) is 3.14. The van der Waals surface area contributed by atoms with Gasteiger partial charge in [-0.15, -0.1) is 0 Å². The van der Waals surface area contributed by atoms with Crippen LogP contribution in [0, 0.1) is 0 Å². The normalized spacial score (nSPS) is 17.9. The van der Waals surface area contributed by atoms with Crippen LogP contribution in [0.25, 0.3) is 0 Å². The Labute approximate surface area is 127 Å². The first-order valence-electron chi connectivity index (χ1n) is 8.05. The van der Waals surface area contributed by atoms with Gasteiger partial charge in [0.05, 0.1) is 12.7 Å². The summed E-state index contributed by atoms with van der Waals surface area (Å²) in [7, 11) is 0. The maximum Gasteiger partial charge on any atom is 0.165 e. The van der Waals surface area contributed by atoms with Crippen LogP contribution in [-0.2, 0) is 11.3 Å². The van der Waals surface area contributed by atoms with Crippen LogP contribution in [0.1, 0.15) is 38.7 Å². The summed E-state index contributed by atoms with van der Waals surface area (Å²) < 4.78 is 17.4. The SMILES string of the molecule is CCCNCc1cccc(OCC)c1OCC1CCCO1. The van der Waals surface area contributed by atoms with E-state index in [1.807, 2.05) is 19.1 Å². The third kappa shape index (κ3) is 4.90. The second kappa shape index (κ2) is 8.90. The molecule has 1 aliphatic heterocycles. The fraction of sp³-hybridized carbons (Fsp3) is 0.647. The molecule has 2 rings (SSSR count). The Morgan fingerprint density at radius 1 is 1.29 bits per heavy atom. The Kier molecular flexibility index (Phi) is 6.83. The minimum absolute atomic E-state index is 0.219. The molecular weight excluding hydrogens is 266 g/mol. The molecule has 1 N–H and O–H groups in total. The lowest BCUT2D eigenvalue weighted by atomic mass is 10.1. The standard InChI is InChI=1S/C17H27NO3/c1-3-10-18-12-14-7-5-9-16(19-4-2)17(14)21-13-15-8-6-11-20-15/h5,7,9,15,18H,3-4,6,8,10-13H2,1-2H3. The van der Waals surface area contributed by atoms with Gasteiger partial charge in [-0.3, -0.25) is 0 Å². The van der Waals surface area contributed by atoms with E-state index >= 15 is 0 Å². The van der Waals surface area contributed by atoms with Crippen LogP contribution in [-0.4, -0.2) is 32.5 Å². The molecule has 1 heterocycles. The summed E-state index contributed by atoms with van der Waals surface area (Å²) in [6.07, 6.45) is 3.56. The molecule has 1 aromatic rings. The summed E-state index contributed by atoms with van der Waals surface area (Å²) in [5, 5.41) is 3.42. The highest BCUT2D eigenvalue weighted by Gasteiger charge is 2.18. The minimum Gasteiger partial charge on any atom is -0.490 e. The van der Waals surface area contributed by atoms with Crippen LogP contribution in [0.4, 0.5) is 0 Å². The third-order valence-corrected chi connectivity index (χ3v) is 3.54. The van der Waals surface area contributed by atoms with Gasteiger partial charge in [-0.2, -0.15) is 0 Å². The number of nitrogens with one attached hydrogen (secondary N) is 1. The van der Waals surface area contributed by atoms with Gasteiger partial charge >= 0.3 is 0 Å². The molecular formula is C17H27NO3. The molecule has 1 aliphatic rings. The van der Waals surface area contributed by atoms with Gasteiger partial charge in [0, 0.05) is 18.7 Å². The van der Waals surface area contributed by atoms with Gasteiger partial charge in [0.15, 0.2) is 11.5 Å². The van der Waals surface area contributed by atoms with E-state index in [4.69, 9.17) is 14.2 Å². The number of rotatable bonds is 9. The van der Waals surface area contributed by atoms with Crippen molar-refractivity contribution >= 4 is 0 Å². The van der Waals surface area contributed by atoms with Gasteiger partial charge in [0.1, 0.15) is 6.61 Å². The van der Waals surface area contributed by atoms with Gasteiger partial charge in [-0.05, 0) is 38.8 Å². The van der Waals surface area contributed by atoms with Crippen molar-refractivity contribution < 1.29 is 14.2 Å². The molecule has 1 unspecified atom stereocenters. The first kappa shape index (κ1) is 16.1. The largest absolute Gasteiger partial charge is 0.490 e. The fourth-order valence-corrected chi connectivity index (χ4v) is 2.49. The highest BCUT2D eigenvalue weighted by atomic mass is 16.5. The molecule has 1 aromatic carbocycles. The van der Waals surface area contributed by atoms with Crippen molar-refractivity contribution in [3.8, 4) is 11.5 Å². The minimum atomic E-state index is 0.219. The van der Waals surface area contributed by atoms with Crippen molar-refractivity contribution in [2.24, 2.45) is 0 Å². The summed E-state index contributed by atoms with van der Waals surface area (Å²) in [5.41, 5.74) is 1.15. The Bertz CT molecular complexity index is 416. The second-order valence-electron chi connectivity index (χ2n) is 5.30. The van der Waals surface area contributed by atoms with Crippen molar-refractivity contribution in [3.63, 3.8) is 0 Å². The van der Waals surface area contributed by atoms with Gasteiger partial charge in [-0.1, -0.05) is 19.1 Å². The highest BCUT2D eigenvalue weighted by Crippen LogP contribution is 2.32. The van der Waals surface area contributed by atoms with Crippen molar-refractivity contribution in [2.45, 2.75) is 45.8 Å². The number of para-hydroxylation sites is 1. The zero-order chi connectivity index (χ0) is 14.9. The topological polar surface area (TPSA) is 39.7 Å². The predicted molar refractivity (Wildman–Crippen MR) is 84.1 cm³/mol. The lowest BCUT2D eigenvalue weighted by Gasteiger charge is -2.18. The van der Waals surface area contributed by atoms with Crippen molar-refractivity contribution in [2.75, 3.05) is 26.4 Å². The summed E-state index contributed by atoms with van der Waals surface area (Å²) in [6, 6.07) is 6.08. The fourth-order valence-electron chi connectivity index (χ4n) is 2.49. The van der Waals surface area contributed by atoms with E-state index in [1.54, 1.807) is 0 Å². The molecule has 1 atom stereocenters. The van der Waals surface area contributed by atoms with E-state index in [-0.39, 0.29) is 6.10 Å². The van der Waals surface area contributed by atoms with Gasteiger partial charge in [0.2, 0.25) is 0 Å². The van der Waals surface area contributed by atoms with E-state index < -0.39 is 0 Å². The third-order valence-electron chi connectivity index (χ3n) is 3.54. The van der Waals surface area contributed by atoms with Gasteiger partial charge in [0.25, 0.3) is 0 Å². The number of hydrogen-bond acceptors (Lipinski definition) is 4. The van der Waals surface area contributed by atoms with E-state index in [0.29, 0.717) is 13.2 Å². The van der Waals surface area contributed by atoms with Crippen LogP contribution in [0.5, 0.6) is 11.5 Å². The molecule has 4 nitrogen and oxygen atoms in total. The zero-order valence-corrected chi connectivity index (χ0v) is 13.2. The van der Waals surface area contributed by atoms with Crippen LogP contribution >= 0.6 is 0 Å². The molecule has 0 aliphatic carbocycles.